The van der Waals surface area contributed by atoms with E-state index in [0.717, 1.165) is 12.8 Å². The summed E-state index contributed by atoms with van der Waals surface area (Å²) in [5, 5.41) is 23.7. The molecular weight excluding hydrogens is 310 g/mol. The van der Waals surface area contributed by atoms with Gasteiger partial charge in [-0.15, -0.1) is 0 Å². The van der Waals surface area contributed by atoms with Crippen LogP contribution in [0.3, 0.4) is 0 Å². The van der Waals surface area contributed by atoms with Crippen LogP contribution in [0.5, 0.6) is 0 Å². The first kappa shape index (κ1) is 17.8. The number of anilines is 1. The maximum atomic E-state index is 12.1. The Kier molecular flexibility index (Phi) is 6.15. The molecule has 2 rings (SSSR count). The minimum Gasteiger partial charge on any atom is -0.452 e. The Hall–Kier alpha value is -2.59. The molecule has 0 bridgehead atoms. The molecular formula is C17H21N3O4. The Morgan fingerprint density at radius 1 is 1.29 bits per heavy atom. The molecule has 24 heavy (non-hydrogen) atoms. The van der Waals surface area contributed by atoms with Crippen LogP contribution in [0.25, 0.3) is 0 Å². The summed E-state index contributed by atoms with van der Waals surface area (Å²) in [6.45, 7) is -0.200. The molecule has 1 aliphatic carbocycles. The van der Waals surface area contributed by atoms with Crippen LogP contribution >= 0.6 is 0 Å². The number of hydrogen-bond acceptors (Lipinski definition) is 6. The highest BCUT2D eigenvalue weighted by Crippen LogP contribution is 2.28. The molecule has 1 aliphatic rings. The second-order valence-corrected chi connectivity index (χ2v) is 5.72. The lowest BCUT2D eigenvalue weighted by Crippen LogP contribution is -2.46. The molecule has 3 N–H and O–H groups in total. The van der Waals surface area contributed by atoms with Crippen molar-refractivity contribution in [3.05, 3.63) is 29.8 Å². The maximum Gasteiger partial charge on any atom is 0.340 e. The summed E-state index contributed by atoms with van der Waals surface area (Å²) in [5.41, 5.74) is -0.0137. The Bertz CT molecular complexity index is 633. The third-order valence-electron chi connectivity index (χ3n) is 3.96. The summed E-state index contributed by atoms with van der Waals surface area (Å²) in [4.78, 5) is 24.1. The molecule has 7 nitrogen and oxygen atoms in total. The van der Waals surface area contributed by atoms with Crippen molar-refractivity contribution in [3.8, 4) is 6.07 Å². The first-order valence-corrected chi connectivity index (χ1v) is 7.93. The van der Waals surface area contributed by atoms with Gasteiger partial charge >= 0.3 is 5.97 Å². The summed E-state index contributed by atoms with van der Waals surface area (Å²) in [6.07, 6.45) is 3.04. The predicted octanol–water partition coefficient (Wildman–Crippen LogP) is 1.20. The minimum atomic E-state index is -0.829. The van der Waals surface area contributed by atoms with Crippen LogP contribution in [0.2, 0.25) is 0 Å². The average molecular weight is 331 g/mol. The summed E-state index contributed by atoms with van der Waals surface area (Å²) in [6, 6.07) is 8.86. The van der Waals surface area contributed by atoms with Gasteiger partial charge in [-0.2, -0.15) is 5.26 Å². The predicted molar refractivity (Wildman–Crippen MR) is 87.3 cm³/mol. The van der Waals surface area contributed by atoms with E-state index in [4.69, 9.17) is 9.84 Å². The number of amides is 1. The smallest absolute Gasteiger partial charge is 0.340 e. The van der Waals surface area contributed by atoms with Crippen LogP contribution in [0, 0.1) is 11.3 Å². The number of hydrogen-bond donors (Lipinski definition) is 3. The van der Waals surface area contributed by atoms with E-state index in [1.165, 1.54) is 0 Å². The van der Waals surface area contributed by atoms with Crippen LogP contribution in [0.1, 0.15) is 36.0 Å². The summed E-state index contributed by atoms with van der Waals surface area (Å²) in [5.74, 6) is -1.11. The molecule has 0 saturated heterocycles. The lowest BCUT2D eigenvalue weighted by Gasteiger charge is -2.21. The van der Waals surface area contributed by atoms with E-state index in [1.54, 1.807) is 24.3 Å². The summed E-state index contributed by atoms with van der Waals surface area (Å²) < 4.78 is 5.05. The summed E-state index contributed by atoms with van der Waals surface area (Å²) >= 11 is 0. The zero-order chi connectivity index (χ0) is 17.4. The van der Waals surface area contributed by atoms with Gasteiger partial charge in [-0.25, -0.2) is 4.79 Å². The van der Waals surface area contributed by atoms with Gasteiger partial charge in [-0.3, -0.25) is 4.79 Å². The molecule has 1 fully saturated rings. The van der Waals surface area contributed by atoms with Crippen molar-refractivity contribution in [2.24, 2.45) is 0 Å². The largest absolute Gasteiger partial charge is 0.452 e. The Balaban J connectivity index is 1.91. The molecule has 1 amide bonds. The van der Waals surface area contributed by atoms with Crippen molar-refractivity contribution >= 4 is 17.6 Å². The van der Waals surface area contributed by atoms with Gasteiger partial charge in [0.2, 0.25) is 0 Å². The summed E-state index contributed by atoms with van der Waals surface area (Å²) in [7, 11) is 0. The van der Waals surface area contributed by atoms with Gasteiger partial charge in [0.25, 0.3) is 5.91 Å². The third kappa shape index (κ3) is 4.46. The van der Waals surface area contributed by atoms with Gasteiger partial charge in [-0.1, -0.05) is 12.1 Å². The van der Waals surface area contributed by atoms with Crippen LogP contribution < -0.4 is 10.6 Å². The van der Waals surface area contributed by atoms with Crippen LogP contribution in [0.4, 0.5) is 5.69 Å². The van der Waals surface area contributed by atoms with Gasteiger partial charge in [0.05, 0.1) is 18.2 Å². The van der Waals surface area contributed by atoms with Crippen LogP contribution in [-0.2, 0) is 9.53 Å². The molecule has 0 spiro atoms. The van der Waals surface area contributed by atoms with Crippen LogP contribution in [0.15, 0.2) is 24.3 Å². The number of esters is 1. The molecule has 0 unspecified atom stereocenters. The fraction of sp³-hybridized carbons (Fsp3) is 0.471. The molecule has 0 heterocycles. The number of nitrogens with zero attached hydrogens (tertiary/aromatic N) is 1. The molecule has 0 aliphatic heterocycles. The Morgan fingerprint density at radius 3 is 2.67 bits per heavy atom. The number of para-hydroxylation sites is 1. The minimum absolute atomic E-state index is 0.0674. The number of carbonyl (C=O) groups is 2. The molecule has 1 saturated carbocycles. The topological polar surface area (TPSA) is 111 Å². The second-order valence-electron chi connectivity index (χ2n) is 5.72. The van der Waals surface area contributed by atoms with E-state index < -0.39 is 24.0 Å². The number of rotatable bonds is 7. The second kappa shape index (κ2) is 8.31. The SMILES string of the molecule is N#CC1(NC(=O)COC(=O)c2ccccc2NCCO)CCCC1. The highest BCUT2D eigenvalue weighted by Gasteiger charge is 2.35. The molecule has 0 radical (unpaired) electrons. The molecule has 1 aromatic rings. The van der Waals surface area contributed by atoms with E-state index in [-0.39, 0.29) is 12.2 Å². The fourth-order valence-corrected chi connectivity index (χ4v) is 2.76. The fourth-order valence-electron chi connectivity index (χ4n) is 2.76. The van der Waals surface area contributed by atoms with Gasteiger partial charge in [0.1, 0.15) is 5.54 Å². The molecule has 0 atom stereocenters. The van der Waals surface area contributed by atoms with Crippen molar-refractivity contribution in [2.75, 3.05) is 25.1 Å². The molecule has 0 aromatic heterocycles. The normalized spacial score (nSPS) is 15.3. The number of nitriles is 1. The number of aliphatic hydroxyl groups excluding tert-OH is 1. The maximum absolute atomic E-state index is 12.1. The van der Waals surface area contributed by atoms with Crippen molar-refractivity contribution in [3.63, 3.8) is 0 Å². The van der Waals surface area contributed by atoms with Crippen molar-refractivity contribution in [1.29, 1.82) is 5.26 Å². The third-order valence-corrected chi connectivity index (χ3v) is 3.96. The van der Waals surface area contributed by atoms with Crippen molar-refractivity contribution < 1.29 is 19.4 Å². The van der Waals surface area contributed by atoms with Gasteiger partial charge < -0.3 is 20.5 Å². The zero-order valence-electron chi connectivity index (χ0n) is 13.4. The van der Waals surface area contributed by atoms with E-state index in [1.807, 2.05) is 0 Å². The number of aliphatic hydroxyl groups is 1. The number of carbonyl (C=O) groups excluding carboxylic acids is 2. The van der Waals surface area contributed by atoms with Crippen molar-refractivity contribution in [2.45, 2.75) is 31.2 Å². The van der Waals surface area contributed by atoms with Gasteiger partial charge in [0, 0.05) is 12.2 Å². The highest BCUT2D eigenvalue weighted by atomic mass is 16.5. The number of ether oxygens (including phenoxy) is 1. The van der Waals surface area contributed by atoms with E-state index >= 15 is 0 Å². The van der Waals surface area contributed by atoms with Gasteiger partial charge in [0.15, 0.2) is 6.61 Å². The quantitative estimate of drug-likeness (QED) is 0.647. The molecule has 128 valence electrons. The molecule has 7 heteroatoms. The number of nitrogens with one attached hydrogen (secondary N) is 2. The molecule has 1 aromatic carbocycles. The van der Waals surface area contributed by atoms with E-state index in [2.05, 4.69) is 16.7 Å². The first-order chi connectivity index (χ1) is 11.6. The monoisotopic (exact) mass is 331 g/mol. The van der Waals surface area contributed by atoms with Crippen LogP contribution in [-0.4, -0.2) is 42.3 Å². The first-order valence-electron chi connectivity index (χ1n) is 7.93. The van der Waals surface area contributed by atoms with E-state index in [0.29, 0.717) is 25.1 Å². The lowest BCUT2D eigenvalue weighted by molar-refractivity contribution is -0.125. The average Bonchev–Trinajstić information content (AvgIpc) is 3.07. The Labute approximate surface area is 140 Å². The number of benzene rings is 1. The van der Waals surface area contributed by atoms with Crippen molar-refractivity contribution in [1.82, 2.24) is 5.32 Å². The highest BCUT2D eigenvalue weighted by molar-refractivity contribution is 5.96. The zero-order valence-corrected chi connectivity index (χ0v) is 13.4. The lowest BCUT2D eigenvalue weighted by atomic mass is 10.00. The Morgan fingerprint density at radius 2 is 2.00 bits per heavy atom. The standard InChI is InChI=1S/C17H21N3O4/c18-12-17(7-3-4-8-17)20-15(22)11-24-16(23)13-5-1-2-6-14(13)19-9-10-21/h1-2,5-6,19,21H,3-4,7-11H2,(H,20,22). The van der Waals surface area contributed by atoms with Gasteiger partial charge in [-0.05, 0) is 37.8 Å². The van der Waals surface area contributed by atoms with E-state index in [9.17, 15) is 14.9 Å².